The lowest BCUT2D eigenvalue weighted by Gasteiger charge is -1.99. The van der Waals surface area contributed by atoms with Crippen LogP contribution in [0.15, 0.2) is 12.4 Å². The maximum atomic E-state index is 11.4. The Bertz CT molecular complexity index is 280. The lowest BCUT2D eigenvalue weighted by atomic mass is 10.1. The highest BCUT2D eigenvalue weighted by molar-refractivity contribution is 5.92. The van der Waals surface area contributed by atoms with Crippen LogP contribution in [0.3, 0.4) is 0 Å². The van der Waals surface area contributed by atoms with E-state index in [1.165, 1.54) is 10.9 Å². The normalized spacial score (nSPS) is 10.2. The standard InChI is InChI=1S/C9H15N3O/c1-2-3-4-5-8(13)9-11-6-7-12(9)10/h6-7H,2-5,10H2,1H3. The van der Waals surface area contributed by atoms with Gasteiger partial charge in [-0.15, -0.1) is 0 Å². The summed E-state index contributed by atoms with van der Waals surface area (Å²) in [5.41, 5.74) is 0. The number of hydrogen-bond acceptors (Lipinski definition) is 3. The average Bonchev–Trinajstić information content (AvgIpc) is 2.52. The molecule has 2 N–H and O–H groups in total. The van der Waals surface area contributed by atoms with Gasteiger partial charge in [-0.3, -0.25) is 4.79 Å². The van der Waals surface area contributed by atoms with Gasteiger partial charge in [0.25, 0.3) is 0 Å². The molecule has 4 heteroatoms. The van der Waals surface area contributed by atoms with Crippen molar-refractivity contribution < 1.29 is 4.79 Å². The Hall–Kier alpha value is -1.32. The summed E-state index contributed by atoms with van der Waals surface area (Å²) in [6.07, 6.45) is 6.77. The second-order valence-electron chi connectivity index (χ2n) is 3.04. The predicted molar refractivity (Wildman–Crippen MR) is 50.8 cm³/mol. The van der Waals surface area contributed by atoms with Crippen LogP contribution < -0.4 is 5.84 Å². The fourth-order valence-electron chi connectivity index (χ4n) is 1.18. The van der Waals surface area contributed by atoms with Crippen LogP contribution in [-0.2, 0) is 0 Å². The Morgan fingerprint density at radius 3 is 2.92 bits per heavy atom. The number of carbonyl (C=O) groups is 1. The van der Waals surface area contributed by atoms with Gasteiger partial charge in [-0.2, -0.15) is 0 Å². The summed E-state index contributed by atoms with van der Waals surface area (Å²) in [5, 5.41) is 0. The second kappa shape index (κ2) is 4.64. The fraction of sp³-hybridized carbons (Fsp3) is 0.556. The monoisotopic (exact) mass is 181 g/mol. The molecule has 0 atom stereocenters. The summed E-state index contributed by atoms with van der Waals surface area (Å²) in [7, 11) is 0. The van der Waals surface area contributed by atoms with E-state index in [1.54, 1.807) is 6.20 Å². The molecule has 0 aliphatic carbocycles. The molecule has 0 saturated heterocycles. The van der Waals surface area contributed by atoms with E-state index in [0.29, 0.717) is 12.2 Å². The molecule has 1 rings (SSSR count). The minimum atomic E-state index is 0.0287. The van der Waals surface area contributed by atoms with Crippen molar-refractivity contribution in [2.45, 2.75) is 32.6 Å². The molecule has 0 aliphatic heterocycles. The number of aromatic nitrogens is 2. The molecule has 1 heterocycles. The molecule has 0 aromatic carbocycles. The summed E-state index contributed by atoms with van der Waals surface area (Å²) in [5.74, 6) is 5.87. The predicted octanol–water partition coefficient (Wildman–Crippen LogP) is 1.36. The Labute approximate surface area is 77.7 Å². The Morgan fingerprint density at radius 1 is 1.62 bits per heavy atom. The number of ketones is 1. The van der Waals surface area contributed by atoms with E-state index in [2.05, 4.69) is 11.9 Å². The van der Waals surface area contributed by atoms with Crippen molar-refractivity contribution in [3.63, 3.8) is 0 Å². The largest absolute Gasteiger partial charge is 0.338 e. The number of nitrogens with two attached hydrogens (primary N) is 1. The average molecular weight is 181 g/mol. The molecular formula is C9H15N3O. The van der Waals surface area contributed by atoms with Crippen LogP contribution in [0.4, 0.5) is 0 Å². The first-order valence-electron chi connectivity index (χ1n) is 4.57. The molecule has 0 saturated carbocycles. The molecule has 0 fully saturated rings. The van der Waals surface area contributed by atoms with Crippen LogP contribution in [0.25, 0.3) is 0 Å². The maximum absolute atomic E-state index is 11.4. The summed E-state index contributed by atoms with van der Waals surface area (Å²) >= 11 is 0. The van der Waals surface area contributed by atoms with Crippen molar-refractivity contribution in [2.75, 3.05) is 5.84 Å². The van der Waals surface area contributed by atoms with Crippen LogP contribution in [0, 0.1) is 0 Å². The van der Waals surface area contributed by atoms with Gasteiger partial charge in [-0.1, -0.05) is 19.8 Å². The highest BCUT2D eigenvalue weighted by Gasteiger charge is 2.09. The molecule has 0 aliphatic rings. The van der Waals surface area contributed by atoms with Crippen molar-refractivity contribution in [1.82, 2.24) is 9.66 Å². The van der Waals surface area contributed by atoms with E-state index in [4.69, 9.17) is 5.84 Å². The maximum Gasteiger partial charge on any atom is 0.199 e. The molecule has 0 amide bonds. The van der Waals surface area contributed by atoms with Gasteiger partial charge >= 0.3 is 0 Å². The molecule has 0 spiro atoms. The quantitative estimate of drug-likeness (QED) is 0.424. The van der Waals surface area contributed by atoms with Gasteiger partial charge in [-0.05, 0) is 6.42 Å². The molecule has 1 aromatic heterocycles. The first-order valence-corrected chi connectivity index (χ1v) is 4.57. The third kappa shape index (κ3) is 2.57. The van der Waals surface area contributed by atoms with E-state index >= 15 is 0 Å². The number of nitrogen functional groups attached to an aromatic ring is 1. The molecule has 1 aromatic rings. The molecule has 13 heavy (non-hydrogen) atoms. The van der Waals surface area contributed by atoms with E-state index in [9.17, 15) is 4.79 Å². The van der Waals surface area contributed by atoms with E-state index in [1.807, 2.05) is 0 Å². The van der Waals surface area contributed by atoms with Gasteiger partial charge < -0.3 is 5.84 Å². The van der Waals surface area contributed by atoms with E-state index < -0.39 is 0 Å². The summed E-state index contributed by atoms with van der Waals surface area (Å²) in [4.78, 5) is 15.3. The van der Waals surface area contributed by atoms with Gasteiger partial charge in [0, 0.05) is 18.8 Å². The molecule has 0 radical (unpaired) electrons. The Morgan fingerprint density at radius 2 is 2.38 bits per heavy atom. The first-order chi connectivity index (χ1) is 6.25. The molecule has 0 unspecified atom stereocenters. The Kier molecular flexibility index (Phi) is 3.49. The summed E-state index contributed by atoms with van der Waals surface area (Å²) < 4.78 is 1.27. The van der Waals surface area contributed by atoms with Crippen molar-refractivity contribution in [2.24, 2.45) is 0 Å². The SMILES string of the molecule is CCCCCC(=O)c1nccn1N. The zero-order valence-corrected chi connectivity index (χ0v) is 7.86. The van der Waals surface area contributed by atoms with Gasteiger partial charge in [0.15, 0.2) is 11.6 Å². The number of nitrogens with zero attached hydrogens (tertiary/aromatic N) is 2. The fourth-order valence-corrected chi connectivity index (χ4v) is 1.18. The molecular weight excluding hydrogens is 166 g/mol. The number of rotatable bonds is 5. The molecule has 0 bridgehead atoms. The van der Waals surface area contributed by atoms with Crippen LogP contribution in [-0.4, -0.2) is 15.4 Å². The lowest BCUT2D eigenvalue weighted by Crippen LogP contribution is -2.16. The zero-order valence-electron chi connectivity index (χ0n) is 7.86. The van der Waals surface area contributed by atoms with Crippen LogP contribution >= 0.6 is 0 Å². The third-order valence-corrected chi connectivity index (χ3v) is 1.93. The minimum Gasteiger partial charge on any atom is -0.338 e. The van der Waals surface area contributed by atoms with Crippen molar-refractivity contribution >= 4 is 5.78 Å². The van der Waals surface area contributed by atoms with Crippen LogP contribution in [0.5, 0.6) is 0 Å². The van der Waals surface area contributed by atoms with Crippen LogP contribution in [0.2, 0.25) is 0 Å². The molecule has 4 nitrogen and oxygen atoms in total. The zero-order chi connectivity index (χ0) is 9.68. The van der Waals surface area contributed by atoms with Gasteiger partial charge in [-0.25, -0.2) is 9.66 Å². The van der Waals surface area contributed by atoms with Gasteiger partial charge in [0.1, 0.15) is 0 Å². The summed E-state index contributed by atoms with van der Waals surface area (Å²) in [6.45, 7) is 2.11. The number of hydrogen-bond donors (Lipinski definition) is 1. The third-order valence-electron chi connectivity index (χ3n) is 1.93. The van der Waals surface area contributed by atoms with Crippen molar-refractivity contribution in [1.29, 1.82) is 0 Å². The number of unbranched alkanes of at least 4 members (excludes halogenated alkanes) is 2. The number of Topliss-reactive ketones (excluding diaryl/α,β-unsaturated/α-hetero) is 1. The van der Waals surface area contributed by atoms with E-state index in [0.717, 1.165) is 19.3 Å². The van der Waals surface area contributed by atoms with Crippen molar-refractivity contribution in [3.8, 4) is 0 Å². The van der Waals surface area contributed by atoms with Crippen molar-refractivity contribution in [3.05, 3.63) is 18.2 Å². The van der Waals surface area contributed by atoms with Gasteiger partial charge in [0.2, 0.25) is 0 Å². The highest BCUT2D eigenvalue weighted by atomic mass is 16.1. The van der Waals surface area contributed by atoms with Crippen LogP contribution in [0.1, 0.15) is 43.2 Å². The molecule has 72 valence electrons. The second-order valence-corrected chi connectivity index (χ2v) is 3.04. The first kappa shape index (κ1) is 9.77. The minimum absolute atomic E-state index is 0.0287. The number of carbonyl (C=O) groups excluding carboxylic acids is 1. The topological polar surface area (TPSA) is 60.9 Å². The lowest BCUT2D eigenvalue weighted by molar-refractivity contribution is 0.0967. The van der Waals surface area contributed by atoms with E-state index in [-0.39, 0.29) is 5.78 Å². The smallest absolute Gasteiger partial charge is 0.199 e. The van der Waals surface area contributed by atoms with Gasteiger partial charge in [0.05, 0.1) is 0 Å². The highest BCUT2D eigenvalue weighted by Crippen LogP contribution is 2.04. The number of imidazole rings is 1. The summed E-state index contributed by atoms with van der Waals surface area (Å²) in [6, 6.07) is 0. The Balaban J connectivity index is 2.45.